The van der Waals surface area contributed by atoms with Gasteiger partial charge in [-0.15, -0.1) is 0 Å². The molecule has 1 aromatic rings. The Labute approximate surface area is 116 Å². The van der Waals surface area contributed by atoms with Crippen molar-refractivity contribution < 1.29 is 9.53 Å². The number of hydrogen-bond acceptors (Lipinski definition) is 2. The molecular weight excluding hydrogens is 294 g/mol. The number of carbonyl (C=O) groups is 1. The van der Waals surface area contributed by atoms with Gasteiger partial charge in [-0.1, -0.05) is 22.9 Å². The maximum absolute atomic E-state index is 12.1. The summed E-state index contributed by atoms with van der Waals surface area (Å²) in [6.45, 7) is 3.52. The van der Waals surface area contributed by atoms with Crippen molar-refractivity contribution in [3.05, 3.63) is 28.2 Å². The highest BCUT2D eigenvalue weighted by Gasteiger charge is 2.25. The van der Waals surface area contributed by atoms with Crippen molar-refractivity contribution in [2.24, 2.45) is 5.92 Å². The lowest BCUT2D eigenvalue weighted by Crippen LogP contribution is -2.39. The maximum atomic E-state index is 12.1. The SMILES string of the molecule is COc1ccc(Br)c(CN2CCCC(C)C2=O)c1. The first-order chi connectivity index (χ1) is 8.61. The van der Waals surface area contributed by atoms with Crippen LogP contribution in [0.1, 0.15) is 25.3 Å². The Morgan fingerprint density at radius 2 is 2.28 bits per heavy atom. The summed E-state index contributed by atoms with van der Waals surface area (Å²) in [5.74, 6) is 1.24. The lowest BCUT2D eigenvalue weighted by molar-refractivity contribution is -0.138. The number of halogens is 1. The van der Waals surface area contributed by atoms with Gasteiger partial charge in [0, 0.05) is 23.5 Å². The van der Waals surface area contributed by atoms with Gasteiger partial charge in [-0.2, -0.15) is 0 Å². The number of carbonyl (C=O) groups excluding carboxylic acids is 1. The molecule has 0 saturated carbocycles. The van der Waals surface area contributed by atoms with E-state index in [1.807, 2.05) is 30.0 Å². The van der Waals surface area contributed by atoms with Crippen LogP contribution in [-0.2, 0) is 11.3 Å². The molecule has 0 N–H and O–H groups in total. The molecule has 1 aliphatic rings. The summed E-state index contributed by atoms with van der Waals surface area (Å²) in [7, 11) is 1.65. The van der Waals surface area contributed by atoms with Crippen LogP contribution in [0.2, 0.25) is 0 Å². The van der Waals surface area contributed by atoms with Crippen molar-refractivity contribution in [2.45, 2.75) is 26.3 Å². The third kappa shape index (κ3) is 2.86. The van der Waals surface area contributed by atoms with E-state index in [4.69, 9.17) is 4.74 Å². The van der Waals surface area contributed by atoms with Gasteiger partial charge in [-0.3, -0.25) is 4.79 Å². The molecule has 1 unspecified atom stereocenters. The minimum Gasteiger partial charge on any atom is -0.497 e. The van der Waals surface area contributed by atoms with Crippen LogP contribution >= 0.6 is 15.9 Å². The highest BCUT2D eigenvalue weighted by atomic mass is 79.9. The van der Waals surface area contributed by atoms with E-state index in [1.54, 1.807) is 7.11 Å². The van der Waals surface area contributed by atoms with Gasteiger partial charge in [0.05, 0.1) is 7.11 Å². The first-order valence-corrected chi connectivity index (χ1v) is 7.02. The molecule has 1 heterocycles. The molecule has 1 atom stereocenters. The summed E-state index contributed by atoms with van der Waals surface area (Å²) in [4.78, 5) is 14.0. The summed E-state index contributed by atoms with van der Waals surface area (Å²) in [5.41, 5.74) is 1.09. The normalized spacial score (nSPS) is 20.1. The number of nitrogens with zero attached hydrogens (tertiary/aromatic N) is 1. The fourth-order valence-corrected chi connectivity index (χ4v) is 2.67. The predicted molar refractivity (Wildman–Crippen MR) is 74.5 cm³/mol. The first kappa shape index (κ1) is 13.4. The number of rotatable bonds is 3. The molecule has 4 heteroatoms. The van der Waals surface area contributed by atoms with E-state index in [1.165, 1.54) is 0 Å². The van der Waals surface area contributed by atoms with Gasteiger partial charge >= 0.3 is 0 Å². The van der Waals surface area contributed by atoms with Crippen molar-refractivity contribution >= 4 is 21.8 Å². The van der Waals surface area contributed by atoms with Gasteiger partial charge in [0.1, 0.15) is 5.75 Å². The van der Waals surface area contributed by atoms with Crippen LogP contribution in [-0.4, -0.2) is 24.5 Å². The number of likely N-dealkylation sites (tertiary alicyclic amines) is 1. The van der Waals surface area contributed by atoms with Gasteiger partial charge in [0.25, 0.3) is 0 Å². The molecule has 1 fully saturated rings. The maximum Gasteiger partial charge on any atom is 0.225 e. The Kier molecular flexibility index (Phi) is 4.27. The third-order valence-corrected chi connectivity index (χ3v) is 4.19. The topological polar surface area (TPSA) is 29.5 Å². The number of piperidine rings is 1. The number of hydrogen-bond donors (Lipinski definition) is 0. The zero-order valence-corrected chi connectivity index (χ0v) is 12.4. The zero-order valence-electron chi connectivity index (χ0n) is 10.8. The minimum absolute atomic E-state index is 0.156. The van der Waals surface area contributed by atoms with Crippen molar-refractivity contribution in [3.63, 3.8) is 0 Å². The largest absolute Gasteiger partial charge is 0.497 e. The summed E-state index contributed by atoms with van der Waals surface area (Å²) in [6, 6.07) is 5.86. The molecule has 0 bridgehead atoms. The summed E-state index contributed by atoms with van der Waals surface area (Å²) < 4.78 is 6.25. The Bertz CT molecular complexity index is 447. The molecule has 18 heavy (non-hydrogen) atoms. The number of methoxy groups -OCH3 is 1. The third-order valence-electron chi connectivity index (χ3n) is 3.41. The predicted octanol–water partition coefficient (Wildman–Crippen LogP) is 3.22. The Balaban J connectivity index is 2.15. The fourth-order valence-electron chi connectivity index (χ4n) is 2.30. The number of amides is 1. The first-order valence-electron chi connectivity index (χ1n) is 6.23. The van der Waals surface area contributed by atoms with Crippen molar-refractivity contribution in [2.75, 3.05) is 13.7 Å². The van der Waals surface area contributed by atoms with Gasteiger partial charge in [0.2, 0.25) is 5.91 Å². The van der Waals surface area contributed by atoms with E-state index in [-0.39, 0.29) is 11.8 Å². The lowest BCUT2D eigenvalue weighted by Gasteiger charge is -2.31. The summed E-state index contributed by atoms with van der Waals surface area (Å²) in [5, 5.41) is 0. The molecule has 0 spiro atoms. The van der Waals surface area contributed by atoms with E-state index < -0.39 is 0 Å². The molecule has 1 amide bonds. The van der Waals surface area contributed by atoms with E-state index >= 15 is 0 Å². The van der Waals surface area contributed by atoms with Gasteiger partial charge in [0.15, 0.2) is 0 Å². The second-order valence-electron chi connectivity index (χ2n) is 4.76. The Morgan fingerprint density at radius 1 is 1.50 bits per heavy atom. The van der Waals surface area contributed by atoms with Crippen molar-refractivity contribution in [3.8, 4) is 5.75 Å². The fraction of sp³-hybridized carbons (Fsp3) is 0.500. The monoisotopic (exact) mass is 311 g/mol. The quantitative estimate of drug-likeness (QED) is 0.858. The van der Waals surface area contributed by atoms with E-state index in [0.717, 1.165) is 35.2 Å². The smallest absolute Gasteiger partial charge is 0.225 e. The van der Waals surface area contributed by atoms with Gasteiger partial charge < -0.3 is 9.64 Å². The molecule has 1 saturated heterocycles. The molecule has 3 nitrogen and oxygen atoms in total. The minimum atomic E-state index is 0.156. The van der Waals surface area contributed by atoms with Gasteiger partial charge in [-0.25, -0.2) is 0 Å². The Morgan fingerprint density at radius 3 is 3.00 bits per heavy atom. The lowest BCUT2D eigenvalue weighted by atomic mass is 9.98. The van der Waals surface area contributed by atoms with E-state index in [2.05, 4.69) is 15.9 Å². The second-order valence-corrected chi connectivity index (χ2v) is 5.61. The zero-order chi connectivity index (χ0) is 13.1. The molecule has 1 aromatic carbocycles. The number of benzene rings is 1. The summed E-state index contributed by atoms with van der Waals surface area (Å²) >= 11 is 3.53. The summed E-state index contributed by atoms with van der Waals surface area (Å²) in [6.07, 6.45) is 2.10. The van der Waals surface area contributed by atoms with Gasteiger partial charge in [-0.05, 0) is 36.6 Å². The highest BCUT2D eigenvalue weighted by Crippen LogP contribution is 2.26. The van der Waals surface area contributed by atoms with Crippen LogP contribution in [0.4, 0.5) is 0 Å². The average molecular weight is 312 g/mol. The molecule has 0 radical (unpaired) electrons. The highest BCUT2D eigenvalue weighted by molar-refractivity contribution is 9.10. The van der Waals surface area contributed by atoms with Crippen LogP contribution in [0.3, 0.4) is 0 Å². The molecular formula is C14H18BrNO2. The number of ether oxygens (including phenoxy) is 1. The molecule has 0 aliphatic carbocycles. The standard InChI is InChI=1S/C14H18BrNO2/c1-10-4-3-7-16(14(10)17)9-11-8-12(18-2)5-6-13(11)15/h5-6,8,10H,3-4,7,9H2,1-2H3. The Hall–Kier alpha value is -1.03. The van der Waals surface area contributed by atoms with Crippen LogP contribution in [0.15, 0.2) is 22.7 Å². The molecule has 98 valence electrons. The van der Waals surface area contributed by atoms with Crippen LogP contribution in [0.5, 0.6) is 5.75 Å². The molecule has 2 rings (SSSR count). The molecule has 0 aromatic heterocycles. The van der Waals surface area contributed by atoms with E-state index in [9.17, 15) is 4.79 Å². The van der Waals surface area contributed by atoms with Crippen LogP contribution in [0.25, 0.3) is 0 Å². The van der Waals surface area contributed by atoms with Crippen molar-refractivity contribution in [1.82, 2.24) is 4.90 Å². The van der Waals surface area contributed by atoms with Crippen LogP contribution < -0.4 is 4.74 Å². The second kappa shape index (κ2) is 5.74. The molecule has 1 aliphatic heterocycles. The van der Waals surface area contributed by atoms with Crippen molar-refractivity contribution in [1.29, 1.82) is 0 Å². The van der Waals surface area contributed by atoms with Crippen LogP contribution in [0, 0.1) is 5.92 Å². The average Bonchev–Trinajstić information content (AvgIpc) is 2.37. The van der Waals surface area contributed by atoms with E-state index in [0.29, 0.717) is 6.54 Å².